The van der Waals surface area contributed by atoms with Crippen molar-refractivity contribution in [2.45, 2.75) is 12.1 Å². The molecule has 0 aromatic heterocycles. The van der Waals surface area contributed by atoms with Crippen LogP contribution >= 0.6 is 7.60 Å². The number of aliphatic imine (C=N–C) groups is 1. The van der Waals surface area contributed by atoms with Gasteiger partial charge in [0.05, 0.1) is 18.2 Å². The van der Waals surface area contributed by atoms with Crippen molar-refractivity contribution in [3.63, 3.8) is 0 Å². The second kappa shape index (κ2) is 4.10. The quantitative estimate of drug-likeness (QED) is 0.397. The Hall–Kier alpha value is -1.01. The molecule has 1 aliphatic rings. The average Bonchev–Trinajstić information content (AvgIpc) is 2.20. The van der Waals surface area contributed by atoms with E-state index in [2.05, 4.69) is 4.99 Å². The van der Waals surface area contributed by atoms with Gasteiger partial charge >= 0.3 is 7.60 Å². The molecular weight excluding hydrogens is 237 g/mol. The van der Waals surface area contributed by atoms with Crippen molar-refractivity contribution >= 4 is 20.1 Å². The summed E-state index contributed by atoms with van der Waals surface area (Å²) in [4.78, 5) is 32.8. The van der Waals surface area contributed by atoms with Crippen LogP contribution in [0, 0.1) is 5.92 Å². The van der Waals surface area contributed by atoms with Crippen LogP contribution in [0.3, 0.4) is 0 Å². The molecule has 0 aliphatic carbocycles. The molecule has 0 bridgehead atoms. The van der Waals surface area contributed by atoms with Crippen LogP contribution in [-0.2, 0) is 9.36 Å². The Bertz CT molecular complexity index is 411. The number of aldehydes is 1. The Morgan fingerprint density at radius 1 is 1.62 bits per heavy atom. The summed E-state index contributed by atoms with van der Waals surface area (Å²) in [5, 5.41) is 16.5. The third-order valence-corrected chi connectivity index (χ3v) is 4.24. The first kappa shape index (κ1) is 13.1. The van der Waals surface area contributed by atoms with Gasteiger partial charge in [-0.15, -0.1) is 0 Å². The topological polar surface area (TPSA) is 127 Å². The van der Waals surface area contributed by atoms with Gasteiger partial charge in [0.25, 0.3) is 0 Å². The SMILES string of the molecule is CC1=C(O)C(C=O)C(CO)(P(=O)(O)O)C=N1. The number of aliphatic hydroxyl groups is 2. The van der Waals surface area contributed by atoms with E-state index in [1.807, 2.05) is 0 Å². The molecule has 16 heavy (non-hydrogen) atoms. The number of hydrogen-bond acceptors (Lipinski definition) is 5. The highest BCUT2D eigenvalue weighted by atomic mass is 31.2. The van der Waals surface area contributed by atoms with E-state index in [1.165, 1.54) is 6.92 Å². The zero-order valence-corrected chi connectivity index (χ0v) is 9.33. The van der Waals surface area contributed by atoms with Crippen LogP contribution in [0.15, 0.2) is 16.4 Å². The summed E-state index contributed by atoms with van der Waals surface area (Å²) in [6.45, 7) is 0.408. The van der Waals surface area contributed by atoms with Gasteiger partial charge in [-0.25, -0.2) is 0 Å². The summed E-state index contributed by atoms with van der Waals surface area (Å²) in [7, 11) is -4.83. The summed E-state index contributed by atoms with van der Waals surface area (Å²) in [6, 6.07) is 0. The zero-order chi connectivity index (χ0) is 12.6. The molecule has 1 rings (SSSR count). The highest BCUT2D eigenvalue weighted by molar-refractivity contribution is 7.54. The van der Waals surface area contributed by atoms with E-state index in [4.69, 9.17) is 14.9 Å². The average molecular weight is 249 g/mol. The second-order valence-corrected chi connectivity index (χ2v) is 5.46. The molecule has 0 aromatic carbocycles. The smallest absolute Gasteiger partial charge is 0.340 e. The normalized spacial score (nSPS) is 30.6. The lowest BCUT2D eigenvalue weighted by Crippen LogP contribution is -2.46. The fourth-order valence-electron chi connectivity index (χ4n) is 1.49. The minimum Gasteiger partial charge on any atom is -0.510 e. The van der Waals surface area contributed by atoms with E-state index in [0.717, 1.165) is 6.21 Å². The van der Waals surface area contributed by atoms with E-state index in [-0.39, 0.29) is 12.0 Å². The van der Waals surface area contributed by atoms with Crippen LogP contribution in [-0.4, -0.2) is 44.3 Å². The molecule has 0 fully saturated rings. The molecular formula is C8H12NO6P. The minimum absolute atomic E-state index is 0.0922. The Balaban J connectivity index is 3.40. The van der Waals surface area contributed by atoms with Gasteiger partial charge in [-0.3, -0.25) is 9.56 Å². The van der Waals surface area contributed by atoms with E-state index in [1.54, 1.807) is 0 Å². The van der Waals surface area contributed by atoms with Gasteiger partial charge in [-0.2, -0.15) is 0 Å². The van der Waals surface area contributed by atoms with Crippen molar-refractivity contribution in [3.05, 3.63) is 11.5 Å². The number of carbonyl (C=O) groups excluding carboxylic acids is 1. The minimum atomic E-state index is -4.83. The standard InChI is InChI=1S/C8H12NO6P/c1-5-7(12)6(2-10)8(4-11,3-9-5)16(13,14)15/h2-3,6,11-12H,4H2,1H3,(H2,13,14,15). The number of aliphatic hydroxyl groups excluding tert-OH is 2. The fraction of sp³-hybridized carbons (Fsp3) is 0.500. The Labute approximate surface area is 91.3 Å². The summed E-state index contributed by atoms with van der Waals surface area (Å²) in [5.74, 6) is -2.02. The molecule has 0 spiro atoms. The van der Waals surface area contributed by atoms with E-state index < -0.39 is 31.0 Å². The number of allylic oxidation sites excluding steroid dienone is 2. The fourth-order valence-corrected chi connectivity index (χ4v) is 2.42. The van der Waals surface area contributed by atoms with Crippen molar-refractivity contribution in [2.24, 2.45) is 10.9 Å². The lowest BCUT2D eigenvalue weighted by molar-refractivity contribution is -0.111. The van der Waals surface area contributed by atoms with Gasteiger partial charge in [-0.1, -0.05) is 0 Å². The molecule has 0 saturated carbocycles. The third-order valence-electron chi connectivity index (χ3n) is 2.62. The molecule has 1 heterocycles. The number of rotatable bonds is 3. The Morgan fingerprint density at radius 2 is 2.19 bits per heavy atom. The maximum Gasteiger partial charge on any atom is 0.340 e. The monoisotopic (exact) mass is 249 g/mol. The third kappa shape index (κ3) is 1.72. The molecule has 4 N–H and O–H groups in total. The summed E-state index contributed by atoms with van der Waals surface area (Å²) >= 11 is 0. The highest BCUT2D eigenvalue weighted by Gasteiger charge is 2.55. The highest BCUT2D eigenvalue weighted by Crippen LogP contribution is 2.55. The first-order chi connectivity index (χ1) is 7.30. The first-order valence-corrected chi connectivity index (χ1v) is 5.98. The van der Waals surface area contributed by atoms with Crippen molar-refractivity contribution < 1.29 is 29.4 Å². The maximum atomic E-state index is 11.3. The predicted molar refractivity (Wildman–Crippen MR) is 55.2 cm³/mol. The van der Waals surface area contributed by atoms with Crippen LogP contribution in [0.4, 0.5) is 0 Å². The molecule has 0 amide bonds. The van der Waals surface area contributed by atoms with Crippen LogP contribution in [0.5, 0.6) is 0 Å². The molecule has 7 nitrogen and oxygen atoms in total. The van der Waals surface area contributed by atoms with Crippen LogP contribution in [0.2, 0.25) is 0 Å². The van der Waals surface area contributed by atoms with Gasteiger partial charge in [0.2, 0.25) is 0 Å². The van der Waals surface area contributed by atoms with Crippen molar-refractivity contribution in [2.75, 3.05) is 6.61 Å². The summed E-state index contributed by atoms with van der Waals surface area (Å²) < 4.78 is 11.3. The number of hydrogen-bond donors (Lipinski definition) is 4. The zero-order valence-electron chi connectivity index (χ0n) is 8.44. The molecule has 0 saturated heterocycles. The lowest BCUT2D eigenvalue weighted by Gasteiger charge is -2.35. The first-order valence-electron chi connectivity index (χ1n) is 4.37. The summed E-state index contributed by atoms with van der Waals surface area (Å²) in [5.41, 5.74) is 0.0922. The molecule has 0 radical (unpaired) electrons. The molecule has 2 unspecified atom stereocenters. The largest absolute Gasteiger partial charge is 0.510 e. The molecule has 2 atom stereocenters. The van der Waals surface area contributed by atoms with E-state index in [9.17, 15) is 14.5 Å². The predicted octanol–water partition coefficient (Wildman–Crippen LogP) is -0.416. The molecule has 90 valence electrons. The van der Waals surface area contributed by atoms with Crippen LogP contribution < -0.4 is 0 Å². The van der Waals surface area contributed by atoms with Crippen molar-refractivity contribution in [1.29, 1.82) is 0 Å². The van der Waals surface area contributed by atoms with Gasteiger partial charge < -0.3 is 24.8 Å². The van der Waals surface area contributed by atoms with Crippen LogP contribution in [0.1, 0.15) is 6.92 Å². The van der Waals surface area contributed by atoms with Gasteiger partial charge in [0.1, 0.15) is 17.2 Å². The number of carbonyl (C=O) groups is 1. The van der Waals surface area contributed by atoms with Gasteiger partial charge in [0.15, 0.2) is 0 Å². The van der Waals surface area contributed by atoms with E-state index in [0.29, 0.717) is 0 Å². The number of nitrogens with zero attached hydrogens (tertiary/aromatic N) is 1. The maximum absolute atomic E-state index is 11.3. The van der Waals surface area contributed by atoms with Crippen molar-refractivity contribution in [1.82, 2.24) is 0 Å². The Morgan fingerprint density at radius 3 is 2.56 bits per heavy atom. The van der Waals surface area contributed by atoms with Crippen molar-refractivity contribution in [3.8, 4) is 0 Å². The lowest BCUT2D eigenvalue weighted by atomic mass is 9.89. The van der Waals surface area contributed by atoms with Gasteiger partial charge in [-0.05, 0) is 6.92 Å². The van der Waals surface area contributed by atoms with Gasteiger partial charge in [0, 0.05) is 6.21 Å². The molecule has 8 heteroatoms. The summed E-state index contributed by atoms with van der Waals surface area (Å²) in [6.07, 6.45) is 1.03. The molecule has 0 aromatic rings. The molecule has 1 aliphatic heterocycles. The van der Waals surface area contributed by atoms with Crippen LogP contribution in [0.25, 0.3) is 0 Å². The second-order valence-electron chi connectivity index (χ2n) is 3.54. The van der Waals surface area contributed by atoms with E-state index >= 15 is 0 Å². The Kier molecular flexibility index (Phi) is 3.35.